The second kappa shape index (κ2) is 28.2. The number of anilines is 1. The summed E-state index contributed by atoms with van der Waals surface area (Å²) in [5.41, 5.74) is -0.934. The number of H-pyrrole nitrogens is 1. The van der Waals surface area contributed by atoms with Crippen LogP contribution in [-0.4, -0.2) is 86.8 Å². The zero-order valence-electron chi connectivity index (χ0n) is 57.6. The number of rotatable bonds is 23. The first-order valence-corrected chi connectivity index (χ1v) is 32.2. The van der Waals surface area contributed by atoms with Gasteiger partial charge in [0.25, 0.3) is 0 Å². The van der Waals surface area contributed by atoms with E-state index in [0.29, 0.717) is 72.9 Å². The van der Waals surface area contributed by atoms with Crippen molar-refractivity contribution in [3.05, 3.63) is 33.7 Å². The van der Waals surface area contributed by atoms with E-state index in [1.165, 1.54) is 0 Å². The molecule has 14 heteroatoms. The van der Waals surface area contributed by atoms with Crippen LogP contribution in [0.5, 0.6) is 0 Å². The maximum absolute atomic E-state index is 15.8. The molecule has 4 atom stereocenters. The van der Waals surface area contributed by atoms with Gasteiger partial charge in [0.15, 0.2) is 0 Å². The van der Waals surface area contributed by atoms with Crippen LogP contribution < -0.4 is 10.6 Å². The molecule has 2 heterocycles. The van der Waals surface area contributed by atoms with E-state index in [4.69, 9.17) is 28.7 Å². The Labute approximate surface area is 509 Å². The zero-order valence-corrected chi connectivity index (χ0v) is 57.6. The molecule has 0 bridgehead atoms. The van der Waals surface area contributed by atoms with Crippen LogP contribution in [0.15, 0.2) is 21.8 Å². The van der Waals surface area contributed by atoms with E-state index in [9.17, 15) is 9.59 Å². The van der Waals surface area contributed by atoms with Gasteiger partial charge in [0.05, 0.1) is 36.3 Å². The Morgan fingerprint density at radius 2 is 1.04 bits per heavy atom. The average molecular weight is 1180 g/mol. The van der Waals surface area contributed by atoms with E-state index in [0.717, 1.165) is 25.7 Å². The van der Waals surface area contributed by atoms with E-state index in [1.54, 1.807) is 14.2 Å². The first-order chi connectivity index (χ1) is 38.6. The maximum atomic E-state index is 15.8. The fourth-order valence-electron chi connectivity index (χ4n) is 13.8. The van der Waals surface area contributed by atoms with Gasteiger partial charge in [-0.1, -0.05) is 152 Å². The Bertz CT molecular complexity index is 2490. The average Bonchev–Trinajstić information content (AvgIpc) is 2.25. The number of ether oxygens (including phenoxy) is 5. The fourth-order valence-corrected chi connectivity index (χ4v) is 13.8. The molecule has 1 aromatic rings. The van der Waals surface area contributed by atoms with Crippen molar-refractivity contribution in [3.8, 4) is 0 Å². The van der Waals surface area contributed by atoms with Gasteiger partial charge in [-0.05, 0) is 141 Å². The summed E-state index contributed by atoms with van der Waals surface area (Å²) in [6.07, 6.45) is 7.47. The van der Waals surface area contributed by atoms with Crippen molar-refractivity contribution in [2.45, 2.75) is 249 Å². The van der Waals surface area contributed by atoms with E-state index in [1.807, 2.05) is 75.3 Å². The molecule has 14 nitrogen and oxygen atoms in total. The Kier molecular flexibility index (Phi) is 24.3. The molecule has 3 aliphatic rings. The van der Waals surface area contributed by atoms with Crippen molar-refractivity contribution in [1.29, 1.82) is 0 Å². The lowest BCUT2D eigenvalue weighted by atomic mass is 9.59. The van der Waals surface area contributed by atoms with Gasteiger partial charge in [-0.3, -0.25) is 14.4 Å². The molecule has 4 unspecified atom stereocenters. The number of amidine groups is 1. The number of nitrogens with zero attached hydrogens (tertiary/aromatic N) is 1. The number of methoxy groups -OCH3 is 2. The highest BCUT2D eigenvalue weighted by Crippen LogP contribution is 2.52. The number of allylic oxidation sites excluding steroid dienone is 1. The minimum atomic E-state index is -1.12. The maximum Gasteiger partial charge on any atom is 0.342 e. The summed E-state index contributed by atoms with van der Waals surface area (Å²) in [6, 6.07) is 0. The number of hydrogen-bond donors (Lipinski definition) is 3. The van der Waals surface area contributed by atoms with Crippen LogP contribution in [0, 0.1) is 79.3 Å². The first kappa shape index (κ1) is 72.2. The Balaban J connectivity index is 2.10. The first-order valence-electron chi connectivity index (χ1n) is 32.2. The number of carbonyl (C=O) groups is 5. The van der Waals surface area contributed by atoms with Crippen LogP contribution in [0.3, 0.4) is 0 Å². The van der Waals surface area contributed by atoms with E-state index < -0.39 is 46.3 Å². The molecule has 0 saturated heterocycles. The minimum absolute atomic E-state index is 0.0450. The number of aromatic nitrogens is 1. The van der Waals surface area contributed by atoms with Crippen molar-refractivity contribution >= 4 is 47.5 Å². The van der Waals surface area contributed by atoms with Gasteiger partial charge in [-0.25, -0.2) is 14.6 Å². The Hall–Kier alpha value is -4.30. The fraction of sp³-hybridized carbons (Fsp3) is 0.800. The third-order valence-corrected chi connectivity index (χ3v) is 19.8. The monoisotopic (exact) mass is 1170 g/mol. The second-order valence-corrected chi connectivity index (χ2v) is 31.4. The largest absolute Gasteiger partial charge is 0.465 e. The van der Waals surface area contributed by atoms with Crippen LogP contribution in [0.4, 0.5) is 5.82 Å². The number of aliphatic imine (C=N–C) groups is 1. The van der Waals surface area contributed by atoms with Gasteiger partial charge in [-0.15, -0.1) is 0 Å². The van der Waals surface area contributed by atoms with Crippen molar-refractivity contribution in [3.63, 3.8) is 0 Å². The smallest absolute Gasteiger partial charge is 0.342 e. The van der Waals surface area contributed by atoms with Crippen LogP contribution in [-0.2, 0) is 42.9 Å². The topological polar surface area (TPSA) is 184 Å². The van der Waals surface area contributed by atoms with Gasteiger partial charge < -0.3 is 39.3 Å². The Morgan fingerprint density at radius 3 is 1.42 bits per heavy atom. The molecular formula is C70H118N4O10. The lowest BCUT2D eigenvalue weighted by Gasteiger charge is -2.50. The summed E-state index contributed by atoms with van der Waals surface area (Å²) >= 11 is 0. The summed E-state index contributed by atoms with van der Waals surface area (Å²) in [6.45, 7) is 51.2. The lowest BCUT2D eigenvalue weighted by molar-refractivity contribution is -0.164. The molecule has 2 saturated carbocycles. The molecule has 0 radical (unpaired) electrons. The van der Waals surface area contributed by atoms with Crippen LogP contribution in [0.2, 0.25) is 0 Å². The molecule has 2 amide bonds. The normalized spacial score (nSPS) is 23.7. The van der Waals surface area contributed by atoms with Crippen molar-refractivity contribution in [1.82, 2.24) is 10.3 Å². The molecule has 2 fully saturated rings. The predicted octanol–water partition coefficient (Wildman–Crippen LogP) is 16.1. The van der Waals surface area contributed by atoms with E-state index >= 15 is 14.4 Å². The molecule has 478 valence electrons. The van der Waals surface area contributed by atoms with Gasteiger partial charge >= 0.3 is 17.9 Å². The predicted molar refractivity (Wildman–Crippen MR) is 340 cm³/mol. The molecule has 1 aliphatic heterocycles. The molecule has 84 heavy (non-hydrogen) atoms. The highest BCUT2D eigenvalue weighted by Gasteiger charge is 2.51. The summed E-state index contributed by atoms with van der Waals surface area (Å²) in [7, 11) is 3.10. The minimum Gasteiger partial charge on any atom is -0.465 e. The van der Waals surface area contributed by atoms with Crippen molar-refractivity contribution in [2.24, 2.45) is 84.3 Å². The lowest BCUT2D eigenvalue weighted by Crippen LogP contribution is -2.51. The number of nitrogens with one attached hydrogen (secondary N) is 3. The van der Waals surface area contributed by atoms with Crippen molar-refractivity contribution in [2.75, 3.05) is 39.4 Å². The number of carbonyl (C=O) groups excluding carboxylic acids is 5. The summed E-state index contributed by atoms with van der Waals surface area (Å²) in [5, 5.41) is 6.40. The molecule has 3 N–H and O–H groups in total. The summed E-state index contributed by atoms with van der Waals surface area (Å²) in [5.74, 6) is -1.39. The second-order valence-electron chi connectivity index (χ2n) is 31.4. The highest BCUT2D eigenvalue weighted by molar-refractivity contribution is 6.26. The number of aromatic amines is 1. The molecular weight excluding hydrogens is 1060 g/mol. The van der Waals surface area contributed by atoms with Crippen molar-refractivity contribution < 1.29 is 47.7 Å². The SMILES string of the molecule is CCC(C)(C)C(=O)OCCCC(CC)(CC)C(=O)Nc1[nH]c(C=C2N=C(NC(=O)C(CC)(COC)COC)C(C(=O)OC3C(C(C)(C)C)CC(C)CC3C(C)(C)C)=C2C(C)C)c(C(C)C)c1C(=O)OC1C(C(C)(C)C)CC(C)CC1C(C)(C)C. The van der Waals surface area contributed by atoms with Crippen LogP contribution in [0.25, 0.3) is 6.08 Å². The quantitative estimate of drug-likeness (QED) is 0.0541. The number of esters is 3. The molecule has 1 aromatic heterocycles. The zero-order chi connectivity index (χ0) is 64.0. The molecule has 0 spiro atoms. The van der Waals surface area contributed by atoms with E-state index in [2.05, 4.69) is 113 Å². The standard InChI is InChI=1S/C70H118N4O10/c1-27-68(23,24)63(79)82-33-31-32-69(28-2,29-3)61(77)73-57-53(59(75)83-55-45(64(11,12)13)34-43(9)35-46(55)65(14,15)16)51(41(5)6)49(71-57)38-50-52(42(7)8)54(58(72-50)74-62(78)70(30-4,39-80-25)40-81-26)60(76)84-56-47(66(17,18)19)36-44(10)37-48(56)67(20,21)22/h38,41-48,55-56,71H,27-37,39-40H2,1-26H3,(H,73,77)(H,72,74,78). The third kappa shape index (κ3) is 16.6. The number of hydrogen-bond acceptors (Lipinski definition) is 11. The number of amides is 2. The Morgan fingerprint density at radius 1 is 0.607 bits per heavy atom. The summed E-state index contributed by atoms with van der Waals surface area (Å²) in [4.78, 5) is 83.4. The van der Waals surface area contributed by atoms with Gasteiger partial charge in [0.2, 0.25) is 11.8 Å². The van der Waals surface area contributed by atoms with Crippen LogP contribution in [0.1, 0.15) is 258 Å². The van der Waals surface area contributed by atoms with Crippen LogP contribution >= 0.6 is 0 Å². The molecule has 4 rings (SSSR count). The molecule has 2 aliphatic carbocycles. The third-order valence-electron chi connectivity index (χ3n) is 19.8. The highest BCUT2D eigenvalue weighted by atomic mass is 16.6. The van der Waals surface area contributed by atoms with Gasteiger partial charge in [0.1, 0.15) is 35.0 Å². The van der Waals surface area contributed by atoms with Gasteiger partial charge in [-0.2, -0.15) is 0 Å². The van der Waals surface area contributed by atoms with Gasteiger partial charge in [0, 0.05) is 49.0 Å². The summed E-state index contributed by atoms with van der Waals surface area (Å²) < 4.78 is 31.1. The molecule has 0 aromatic carbocycles. The van der Waals surface area contributed by atoms with E-state index in [-0.39, 0.29) is 112 Å².